The van der Waals surface area contributed by atoms with E-state index in [1.807, 2.05) is 42.3 Å². The number of likely N-dealkylation sites (N-methyl/N-ethyl adjacent to an activating group) is 1. The van der Waals surface area contributed by atoms with E-state index in [9.17, 15) is 9.90 Å². The maximum absolute atomic E-state index is 12.0. The molecule has 1 saturated heterocycles. The molecule has 25 heavy (non-hydrogen) atoms. The maximum atomic E-state index is 12.0. The van der Waals surface area contributed by atoms with Crippen molar-refractivity contribution in [3.05, 3.63) is 41.2 Å². The Labute approximate surface area is 152 Å². The summed E-state index contributed by atoms with van der Waals surface area (Å²) < 4.78 is 1.75. The van der Waals surface area contributed by atoms with E-state index in [1.54, 1.807) is 4.57 Å². The first kappa shape index (κ1) is 17.9. The second-order valence-electron chi connectivity index (χ2n) is 6.25. The minimum Gasteiger partial charge on any atom is -0.480 e. The second kappa shape index (κ2) is 7.56. The normalized spacial score (nSPS) is 17.6. The summed E-state index contributed by atoms with van der Waals surface area (Å²) in [5.74, 6) is -0.233. The molecule has 1 aliphatic heterocycles. The zero-order valence-electron chi connectivity index (χ0n) is 14.5. The highest BCUT2D eigenvalue weighted by Gasteiger charge is 2.34. The molecule has 0 aliphatic carbocycles. The van der Waals surface area contributed by atoms with Gasteiger partial charge in [-0.3, -0.25) is 9.69 Å². The lowest BCUT2D eigenvalue weighted by molar-refractivity contribution is -0.144. The Balaban J connectivity index is 1.94. The number of carbonyl (C=O) groups is 1. The number of carboxylic acid groups (broad SMARTS) is 1. The summed E-state index contributed by atoms with van der Waals surface area (Å²) in [6, 6.07) is 8.85. The first-order valence-corrected chi connectivity index (χ1v) is 8.87. The van der Waals surface area contributed by atoms with Gasteiger partial charge >= 0.3 is 5.97 Å². The van der Waals surface area contributed by atoms with Crippen LogP contribution in [0.1, 0.15) is 18.7 Å². The van der Waals surface area contributed by atoms with E-state index in [4.69, 9.17) is 11.6 Å². The van der Waals surface area contributed by atoms with Gasteiger partial charge in [0, 0.05) is 38.8 Å². The number of benzene rings is 1. The number of carboxylic acids is 1. The van der Waals surface area contributed by atoms with Crippen LogP contribution in [0.3, 0.4) is 0 Å². The van der Waals surface area contributed by atoms with Crippen LogP contribution in [0.4, 0.5) is 0 Å². The lowest BCUT2D eigenvalue weighted by Gasteiger charge is -2.36. The van der Waals surface area contributed by atoms with Crippen molar-refractivity contribution in [3.8, 4) is 11.4 Å². The first-order chi connectivity index (χ1) is 12.0. The third kappa shape index (κ3) is 3.56. The van der Waals surface area contributed by atoms with Crippen LogP contribution in [0, 0.1) is 0 Å². The van der Waals surface area contributed by atoms with Gasteiger partial charge in [0.15, 0.2) is 6.04 Å². The summed E-state index contributed by atoms with van der Waals surface area (Å²) in [5, 5.41) is 10.2. The Morgan fingerprint density at radius 1 is 1.24 bits per heavy atom. The van der Waals surface area contributed by atoms with Gasteiger partial charge in [0.05, 0.1) is 0 Å². The molecule has 1 fully saturated rings. The molecular weight excluding hydrogens is 340 g/mol. The summed E-state index contributed by atoms with van der Waals surface area (Å²) in [7, 11) is 1.81. The summed E-state index contributed by atoms with van der Waals surface area (Å²) in [6.07, 6.45) is 0. The molecule has 134 valence electrons. The molecule has 7 heteroatoms. The Bertz CT molecular complexity index is 739. The molecule has 6 nitrogen and oxygen atoms in total. The molecule has 1 atom stereocenters. The van der Waals surface area contributed by atoms with Gasteiger partial charge in [0.25, 0.3) is 0 Å². The Kier molecular flexibility index (Phi) is 5.42. The molecule has 3 rings (SSSR count). The molecule has 1 aromatic heterocycles. The SMILES string of the molecule is CCN1CCN(C(C(=O)O)c2nc(-c3ccccc3)n(C)c2Cl)CC1. The molecule has 0 saturated carbocycles. The largest absolute Gasteiger partial charge is 0.480 e. The minimum absolute atomic E-state index is 0.379. The number of aliphatic carboxylic acids is 1. The highest BCUT2D eigenvalue weighted by molar-refractivity contribution is 6.30. The van der Waals surface area contributed by atoms with Crippen LogP contribution >= 0.6 is 11.6 Å². The van der Waals surface area contributed by atoms with Crippen molar-refractivity contribution in [3.63, 3.8) is 0 Å². The van der Waals surface area contributed by atoms with Gasteiger partial charge in [-0.2, -0.15) is 0 Å². The Morgan fingerprint density at radius 2 is 1.88 bits per heavy atom. The number of piperazine rings is 1. The maximum Gasteiger partial charge on any atom is 0.327 e. The monoisotopic (exact) mass is 362 g/mol. The number of nitrogens with zero attached hydrogens (tertiary/aromatic N) is 4. The van der Waals surface area contributed by atoms with Crippen molar-refractivity contribution < 1.29 is 9.90 Å². The first-order valence-electron chi connectivity index (χ1n) is 8.49. The van der Waals surface area contributed by atoms with Crippen molar-refractivity contribution >= 4 is 17.6 Å². The minimum atomic E-state index is -0.912. The third-order valence-corrected chi connectivity index (χ3v) is 5.24. The van der Waals surface area contributed by atoms with Crippen LogP contribution in [0.5, 0.6) is 0 Å². The van der Waals surface area contributed by atoms with E-state index < -0.39 is 12.0 Å². The van der Waals surface area contributed by atoms with E-state index in [0.717, 1.165) is 25.2 Å². The highest BCUT2D eigenvalue weighted by Crippen LogP contribution is 2.32. The zero-order chi connectivity index (χ0) is 18.0. The van der Waals surface area contributed by atoms with Gasteiger partial charge in [0.2, 0.25) is 0 Å². The van der Waals surface area contributed by atoms with Crippen LogP contribution in [0.15, 0.2) is 30.3 Å². The summed E-state index contributed by atoms with van der Waals surface area (Å²) in [6.45, 7) is 6.20. The third-order valence-electron chi connectivity index (χ3n) is 4.79. The lowest BCUT2D eigenvalue weighted by atomic mass is 10.1. The van der Waals surface area contributed by atoms with Crippen molar-refractivity contribution in [2.45, 2.75) is 13.0 Å². The standard InChI is InChI=1S/C18H23ClN4O2/c1-3-22-9-11-23(12-10-22)15(18(24)25)14-16(19)21(2)17(20-14)13-7-5-4-6-8-13/h4-8,15H,3,9-12H2,1-2H3,(H,24,25). The van der Waals surface area contributed by atoms with Crippen LogP contribution in [-0.4, -0.2) is 63.2 Å². The summed E-state index contributed by atoms with van der Waals surface area (Å²) in [4.78, 5) is 20.9. The number of hydrogen-bond donors (Lipinski definition) is 1. The van der Waals surface area contributed by atoms with Crippen LogP contribution < -0.4 is 0 Å². The molecule has 1 aromatic carbocycles. The van der Waals surface area contributed by atoms with Gasteiger partial charge in [0.1, 0.15) is 16.7 Å². The number of hydrogen-bond acceptors (Lipinski definition) is 4. The Hall–Kier alpha value is -1.89. The summed E-state index contributed by atoms with van der Waals surface area (Å²) in [5.41, 5.74) is 1.33. The molecule has 1 N–H and O–H groups in total. The summed E-state index contributed by atoms with van der Waals surface area (Å²) >= 11 is 6.48. The van der Waals surface area contributed by atoms with Gasteiger partial charge in [-0.1, -0.05) is 48.9 Å². The van der Waals surface area contributed by atoms with Crippen LogP contribution in [0.2, 0.25) is 5.15 Å². The number of aromatic nitrogens is 2. The molecule has 1 aliphatic rings. The van der Waals surface area contributed by atoms with Crippen LogP contribution in [-0.2, 0) is 11.8 Å². The predicted molar refractivity (Wildman–Crippen MR) is 97.7 cm³/mol. The average molecular weight is 363 g/mol. The molecule has 0 amide bonds. The van der Waals surface area contributed by atoms with Gasteiger partial charge in [-0.15, -0.1) is 0 Å². The van der Waals surface area contributed by atoms with E-state index in [0.29, 0.717) is 29.8 Å². The fourth-order valence-electron chi connectivity index (χ4n) is 3.30. The Morgan fingerprint density at radius 3 is 2.44 bits per heavy atom. The molecule has 2 aromatic rings. The van der Waals surface area contributed by atoms with Gasteiger partial charge in [-0.25, -0.2) is 4.98 Å². The second-order valence-corrected chi connectivity index (χ2v) is 6.61. The van der Waals surface area contributed by atoms with Crippen molar-refractivity contribution in [1.29, 1.82) is 0 Å². The average Bonchev–Trinajstić information content (AvgIpc) is 2.92. The van der Waals surface area contributed by atoms with Crippen molar-refractivity contribution in [2.75, 3.05) is 32.7 Å². The highest BCUT2D eigenvalue weighted by atomic mass is 35.5. The molecule has 0 spiro atoms. The molecular formula is C18H23ClN4O2. The number of halogens is 1. The van der Waals surface area contributed by atoms with Gasteiger partial charge in [-0.05, 0) is 6.54 Å². The van der Waals surface area contributed by atoms with E-state index in [-0.39, 0.29) is 0 Å². The topological polar surface area (TPSA) is 61.6 Å². The van der Waals surface area contributed by atoms with Crippen molar-refractivity contribution in [2.24, 2.45) is 7.05 Å². The smallest absolute Gasteiger partial charge is 0.327 e. The van der Waals surface area contributed by atoms with Gasteiger partial charge < -0.3 is 14.6 Å². The van der Waals surface area contributed by atoms with E-state index >= 15 is 0 Å². The quantitative estimate of drug-likeness (QED) is 0.885. The van der Waals surface area contributed by atoms with E-state index in [2.05, 4.69) is 16.8 Å². The lowest BCUT2D eigenvalue weighted by Crippen LogP contribution is -2.49. The molecule has 1 unspecified atom stereocenters. The fraction of sp³-hybridized carbons (Fsp3) is 0.444. The fourth-order valence-corrected chi connectivity index (χ4v) is 3.53. The number of imidazole rings is 1. The zero-order valence-corrected chi connectivity index (χ0v) is 15.3. The van der Waals surface area contributed by atoms with Crippen LogP contribution in [0.25, 0.3) is 11.4 Å². The van der Waals surface area contributed by atoms with E-state index in [1.165, 1.54) is 0 Å². The molecule has 0 radical (unpaired) electrons. The van der Waals surface area contributed by atoms with Crippen molar-refractivity contribution in [1.82, 2.24) is 19.4 Å². The molecule has 0 bridgehead atoms. The number of rotatable bonds is 5. The predicted octanol–water partition coefficient (Wildman–Crippen LogP) is 2.50. The molecule has 2 heterocycles.